The Bertz CT molecular complexity index is 734. The highest BCUT2D eigenvalue weighted by atomic mass is 79.9. The van der Waals surface area contributed by atoms with Crippen molar-refractivity contribution in [3.05, 3.63) is 62.0 Å². The smallest absolute Gasteiger partial charge is 0.336 e. The third kappa shape index (κ3) is 4.07. The van der Waals surface area contributed by atoms with Crippen LogP contribution in [-0.2, 0) is 16.6 Å². The van der Waals surface area contributed by atoms with Crippen molar-refractivity contribution in [2.24, 2.45) is 0 Å². The number of carboxylic acids is 1. The van der Waals surface area contributed by atoms with Crippen LogP contribution < -0.4 is 0 Å². The van der Waals surface area contributed by atoms with E-state index in [2.05, 4.69) is 15.9 Å². The van der Waals surface area contributed by atoms with E-state index in [1.165, 1.54) is 12.1 Å². The van der Waals surface area contributed by atoms with Crippen molar-refractivity contribution in [1.29, 1.82) is 0 Å². The first-order valence-electron chi connectivity index (χ1n) is 5.73. The number of halogens is 3. The van der Waals surface area contributed by atoms with Gasteiger partial charge in [-0.15, -0.1) is 0 Å². The molecule has 1 N–H and O–H groups in total. The molecule has 0 aliphatic rings. The van der Waals surface area contributed by atoms with Crippen LogP contribution in [0.1, 0.15) is 15.9 Å². The molecule has 0 bridgehead atoms. The average Bonchev–Trinajstić information content (AvgIpc) is 2.42. The summed E-state index contributed by atoms with van der Waals surface area (Å²) >= 11 is 15.2. The van der Waals surface area contributed by atoms with Gasteiger partial charge in [0.05, 0.1) is 27.0 Å². The normalized spacial score (nSPS) is 12.1. The number of hydrogen-bond donors (Lipinski definition) is 1. The fourth-order valence-corrected chi connectivity index (χ4v) is 4.04. The largest absolute Gasteiger partial charge is 0.478 e. The standard InChI is InChI=1S/C14H9BrCl2O3S/c15-9-1-3-11(14(18)19)13(6-9)21(20)7-8-5-10(16)2-4-12(8)17/h1-6H,7H2,(H,18,19). The highest BCUT2D eigenvalue weighted by Crippen LogP contribution is 2.26. The number of benzene rings is 2. The Morgan fingerprint density at radius 3 is 2.57 bits per heavy atom. The summed E-state index contributed by atoms with van der Waals surface area (Å²) in [6.07, 6.45) is 0. The molecule has 0 aliphatic heterocycles. The minimum absolute atomic E-state index is 0.00897. The zero-order valence-corrected chi connectivity index (χ0v) is 14.4. The third-order valence-corrected chi connectivity index (χ3v) is 5.21. The van der Waals surface area contributed by atoms with Gasteiger partial charge >= 0.3 is 5.97 Å². The maximum Gasteiger partial charge on any atom is 0.336 e. The van der Waals surface area contributed by atoms with E-state index in [0.29, 0.717) is 20.1 Å². The lowest BCUT2D eigenvalue weighted by Crippen LogP contribution is -2.06. The highest BCUT2D eigenvalue weighted by Gasteiger charge is 2.17. The minimum Gasteiger partial charge on any atom is -0.478 e. The average molecular weight is 408 g/mol. The van der Waals surface area contributed by atoms with Gasteiger partial charge in [-0.25, -0.2) is 4.79 Å². The van der Waals surface area contributed by atoms with Crippen LogP contribution in [0.4, 0.5) is 0 Å². The molecule has 7 heteroatoms. The van der Waals surface area contributed by atoms with Crippen LogP contribution in [0.25, 0.3) is 0 Å². The molecule has 0 spiro atoms. The van der Waals surface area contributed by atoms with Gasteiger partial charge in [-0.1, -0.05) is 39.1 Å². The monoisotopic (exact) mass is 406 g/mol. The number of rotatable bonds is 4. The lowest BCUT2D eigenvalue weighted by atomic mass is 10.2. The Hall–Kier alpha value is -0.880. The first kappa shape index (κ1) is 16.5. The van der Waals surface area contributed by atoms with E-state index in [1.54, 1.807) is 24.3 Å². The lowest BCUT2D eigenvalue weighted by Gasteiger charge is -2.08. The summed E-state index contributed by atoms with van der Waals surface area (Å²) in [6, 6.07) is 9.43. The van der Waals surface area contributed by atoms with Crippen LogP contribution in [0.2, 0.25) is 10.0 Å². The fourth-order valence-electron chi connectivity index (χ4n) is 1.73. The molecule has 110 valence electrons. The van der Waals surface area contributed by atoms with E-state index >= 15 is 0 Å². The molecule has 0 saturated carbocycles. The van der Waals surface area contributed by atoms with Crippen molar-refractivity contribution in [3.8, 4) is 0 Å². The Kier molecular flexibility index (Phi) is 5.43. The van der Waals surface area contributed by atoms with Gasteiger partial charge in [0.25, 0.3) is 0 Å². The quantitative estimate of drug-likeness (QED) is 0.794. The molecule has 0 fully saturated rings. The molecule has 0 saturated heterocycles. The third-order valence-electron chi connectivity index (χ3n) is 2.71. The summed E-state index contributed by atoms with van der Waals surface area (Å²) in [5.74, 6) is -1.03. The van der Waals surface area contributed by atoms with Gasteiger partial charge in [-0.3, -0.25) is 4.21 Å². The van der Waals surface area contributed by atoms with Crippen molar-refractivity contribution in [3.63, 3.8) is 0 Å². The van der Waals surface area contributed by atoms with E-state index in [1.807, 2.05) is 0 Å². The Balaban J connectivity index is 2.39. The molecule has 0 amide bonds. The second-order valence-electron chi connectivity index (χ2n) is 4.17. The topological polar surface area (TPSA) is 54.4 Å². The summed E-state index contributed by atoms with van der Waals surface area (Å²) in [6.45, 7) is 0. The SMILES string of the molecule is O=C(O)c1ccc(Br)cc1S(=O)Cc1cc(Cl)ccc1Cl. The van der Waals surface area contributed by atoms with Crippen LogP contribution in [0.3, 0.4) is 0 Å². The molecule has 1 atom stereocenters. The van der Waals surface area contributed by atoms with Crippen molar-refractivity contribution in [1.82, 2.24) is 0 Å². The van der Waals surface area contributed by atoms with Crippen LogP contribution >= 0.6 is 39.1 Å². The molecule has 2 aromatic rings. The second kappa shape index (κ2) is 6.92. The van der Waals surface area contributed by atoms with Crippen LogP contribution in [-0.4, -0.2) is 15.3 Å². The minimum atomic E-state index is -1.55. The molecule has 0 aliphatic carbocycles. The summed E-state index contributed by atoms with van der Waals surface area (Å²) in [7, 11) is -1.55. The van der Waals surface area contributed by atoms with Gasteiger partial charge in [0, 0.05) is 14.5 Å². The van der Waals surface area contributed by atoms with Crippen LogP contribution in [0.15, 0.2) is 45.8 Å². The van der Waals surface area contributed by atoms with Crippen molar-refractivity contribution < 1.29 is 14.1 Å². The maximum absolute atomic E-state index is 12.5. The predicted octanol–water partition coefficient (Wildman–Crippen LogP) is 4.76. The van der Waals surface area contributed by atoms with E-state index in [9.17, 15) is 14.1 Å². The summed E-state index contributed by atoms with van der Waals surface area (Å²) in [4.78, 5) is 11.5. The van der Waals surface area contributed by atoms with Crippen molar-refractivity contribution >= 4 is 55.9 Å². The fraction of sp³-hybridized carbons (Fsp3) is 0.0714. The van der Waals surface area contributed by atoms with Crippen molar-refractivity contribution in [2.75, 3.05) is 0 Å². The van der Waals surface area contributed by atoms with Gasteiger partial charge in [0.2, 0.25) is 0 Å². The first-order valence-corrected chi connectivity index (χ1v) is 8.60. The summed E-state index contributed by atoms with van der Waals surface area (Å²) in [5, 5.41) is 10.1. The second-order valence-corrected chi connectivity index (χ2v) is 7.35. The number of aromatic carboxylic acids is 1. The molecule has 1 unspecified atom stereocenters. The molecule has 2 aromatic carbocycles. The molecule has 0 aromatic heterocycles. The van der Waals surface area contributed by atoms with Gasteiger partial charge in [-0.2, -0.15) is 0 Å². The summed E-state index contributed by atoms with van der Waals surface area (Å²) < 4.78 is 13.1. The van der Waals surface area contributed by atoms with E-state index < -0.39 is 16.8 Å². The zero-order valence-electron chi connectivity index (χ0n) is 10.5. The van der Waals surface area contributed by atoms with Crippen LogP contribution in [0, 0.1) is 0 Å². The first-order chi connectivity index (χ1) is 9.88. The molecule has 0 radical (unpaired) electrons. The van der Waals surface area contributed by atoms with E-state index in [4.69, 9.17) is 23.2 Å². The molecular formula is C14H9BrCl2O3S. The number of carbonyl (C=O) groups is 1. The van der Waals surface area contributed by atoms with Gasteiger partial charge in [-0.05, 0) is 42.0 Å². The predicted molar refractivity (Wildman–Crippen MR) is 87.7 cm³/mol. The van der Waals surface area contributed by atoms with Gasteiger partial charge < -0.3 is 5.11 Å². The van der Waals surface area contributed by atoms with E-state index in [0.717, 1.165) is 0 Å². The molecule has 0 heterocycles. The van der Waals surface area contributed by atoms with E-state index in [-0.39, 0.29) is 16.2 Å². The maximum atomic E-state index is 12.5. The van der Waals surface area contributed by atoms with Crippen LogP contribution in [0.5, 0.6) is 0 Å². The number of carboxylic acid groups (broad SMARTS) is 1. The van der Waals surface area contributed by atoms with Gasteiger partial charge in [0.15, 0.2) is 0 Å². The Morgan fingerprint density at radius 2 is 1.90 bits per heavy atom. The molecule has 3 nitrogen and oxygen atoms in total. The highest BCUT2D eigenvalue weighted by molar-refractivity contribution is 9.10. The van der Waals surface area contributed by atoms with Gasteiger partial charge in [0.1, 0.15) is 0 Å². The lowest BCUT2D eigenvalue weighted by molar-refractivity contribution is 0.0693. The Labute approximate surface area is 142 Å². The zero-order chi connectivity index (χ0) is 15.6. The number of hydrogen-bond acceptors (Lipinski definition) is 2. The molecular weight excluding hydrogens is 399 g/mol. The molecule has 21 heavy (non-hydrogen) atoms. The van der Waals surface area contributed by atoms with Crippen molar-refractivity contribution in [2.45, 2.75) is 10.6 Å². The Morgan fingerprint density at radius 1 is 1.19 bits per heavy atom. The molecule has 2 rings (SSSR count). The summed E-state index contributed by atoms with van der Waals surface area (Å²) in [5.41, 5.74) is 0.619.